The number of nitrogens with zero attached hydrogens (tertiary/aromatic N) is 3. The molecule has 0 aliphatic carbocycles. The van der Waals surface area contributed by atoms with Crippen LogP contribution >= 0.6 is 15.9 Å². The molecule has 0 saturated carbocycles. The minimum atomic E-state index is 0.642. The van der Waals surface area contributed by atoms with E-state index in [4.69, 9.17) is 0 Å². The van der Waals surface area contributed by atoms with Crippen molar-refractivity contribution in [1.82, 2.24) is 9.55 Å². The Morgan fingerprint density at radius 2 is 2.32 bits per heavy atom. The van der Waals surface area contributed by atoms with Crippen molar-refractivity contribution in [2.45, 2.75) is 19.9 Å². The second-order valence-corrected chi connectivity index (χ2v) is 5.55. The van der Waals surface area contributed by atoms with Crippen molar-refractivity contribution in [3.8, 4) is 17.3 Å². The fourth-order valence-electron chi connectivity index (χ4n) is 2.39. The van der Waals surface area contributed by atoms with Crippen LogP contribution in [0.5, 0.6) is 0 Å². The summed E-state index contributed by atoms with van der Waals surface area (Å²) in [5.41, 5.74) is 3.54. The number of fused-ring (bicyclic) bond motifs is 1. The molecule has 0 radical (unpaired) electrons. The van der Waals surface area contributed by atoms with Gasteiger partial charge in [-0.25, -0.2) is 4.98 Å². The standard InChI is InChI=1S/C14H13BrN4/c1-9-3-4-10(15)7-11(9)13-12(8-16)19-6-2-5-17-14(19)18-13/h3-4,7H,2,5-6H2,1H3,(H,17,18). The van der Waals surface area contributed by atoms with E-state index >= 15 is 0 Å². The first kappa shape index (κ1) is 12.2. The number of anilines is 1. The summed E-state index contributed by atoms with van der Waals surface area (Å²) in [6.45, 7) is 3.80. The lowest BCUT2D eigenvalue weighted by Crippen LogP contribution is -2.18. The van der Waals surface area contributed by atoms with Crippen LogP contribution in [-0.2, 0) is 6.54 Å². The zero-order valence-corrected chi connectivity index (χ0v) is 12.2. The third-order valence-corrected chi connectivity index (χ3v) is 3.86. The molecule has 0 unspecified atom stereocenters. The minimum absolute atomic E-state index is 0.642. The summed E-state index contributed by atoms with van der Waals surface area (Å²) in [6.07, 6.45) is 1.02. The summed E-state index contributed by atoms with van der Waals surface area (Å²) < 4.78 is 2.97. The Balaban J connectivity index is 2.23. The molecule has 0 bridgehead atoms. The molecular formula is C14H13BrN4. The second-order valence-electron chi connectivity index (χ2n) is 4.64. The normalized spacial score (nSPS) is 13.5. The molecule has 1 aromatic carbocycles. The Morgan fingerprint density at radius 3 is 3.11 bits per heavy atom. The molecule has 5 heteroatoms. The van der Waals surface area contributed by atoms with Crippen molar-refractivity contribution in [3.63, 3.8) is 0 Å². The van der Waals surface area contributed by atoms with Gasteiger partial charge in [-0.2, -0.15) is 5.26 Å². The van der Waals surface area contributed by atoms with Gasteiger partial charge >= 0.3 is 0 Å². The van der Waals surface area contributed by atoms with Gasteiger partial charge in [0.1, 0.15) is 17.5 Å². The maximum Gasteiger partial charge on any atom is 0.204 e. The molecule has 2 heterocycles. The van der Waals surface area contributed by atoms with Crippen LogP contribution in [0, 0.1) is 18.3 Å². The lowest BCUT2D eigenvalue weighted by Gasteiger charge is -2.15. The largest absolute Gasteiger partial charge is 0.356 e. The Bertz CT molecular complexity index is 681. The van der Waals surface area contributed by atoms with Gasteiger partial charge in [-0.1, -0.05) is 22.0 Å². The van der Waals surface area contributed by atoms with Gasteiger partial charge in [-0.05, 0) is 31.0 Å². The molecular weight excluding hydrogens is 304 g/mol. The van der Waals surface area contributed by atoms with E-state index in [0.29, 0.717) is 5.69 Å². The number of halogens is 1. The van der Waals surface area contributed by atoms with Crippen molar-refractivity contribution >= 4 is 21.9 Å². The third kappa shape index (κ3) is 2.02. The molecule has 1 aromatic heterocycles. The fraction of sp³-hybridized carbons (Fsp3) is 0.286. The Hall–Kier alpha value is -1.80. The monoisotopic (exact) mass is 316 g/mol. The second kappa shape index (κ2) is 4.71. The summed E-state index contributed by atoms with van der Waals surface area (Å²) in [5.74, 6) is 0.803. The Kier molecular flexibility index (Phi) is 3.03. The van der Waals surface area contributed by atoms with Crippen molar-refractivity contribution in [2.75, 3.05) is 11.9 Å². The Morgan fingerprint density at radius 1 is 1.47 bits per heavy atom. The van der Waals surface area contributed by atoms with Gasteiger partial charge in [0.2, 0.25) is 5.95 Å². The third-order valence-electron chi connectivity index (χ3n) is 3.37. The van der Waals surface area contributed by atoms with E-state index in [9.17, 15) is 5.26 Å². The summed E-state index contributed by atoms with van der Waals surface area (Å²) in [7, 11) is 0. The molecule has 0 fully saturated rings. The number of hydrogen-bond donors (Lipinski definition) is 1. The topological polar surface area (TPSA) is 53.6 Å². The zero-order chi connectivity index (χ0) is 13.4. The van der Waals surface area contributed by atoms with Crippen LogP contribution in [0.4, 0.5) is 5.95 Å². The number of aromatic nitrogens is 2. The average molecular weight is 317 g/mol. The number of hydrogen-bond acceptors (Lipinski definition) is 3. The highest BCUT2D eigenvalue weighted by Crippen LogP contribution is 2.31. The maximum atomic E-state index is 9.43. The predicted octanol–water partition coefficient (Wildman–Crippen LogP) is 3.31. The summed E-state index contributed by atoms with van der Waals surface area (Å²) in [6, 6.07) is 8.35. The fourth-order valence-corrected chi connectivity index (χ4v) is 2.75. The van der Waals surface area contributed by atoms with E-state index in [1.165, 1.54) is 0 Å². The zero-order valence-electron chi connectivity index (χ0n) is 10.6. The van der Waals surface area contributed by atoms with Gasteiger partial charge in [-0.15, -0.1) is 0 Å². The molecule has 3 rings (SSSR count). The van der Waals surface area contributed by atoms with Crippen molar-refractivity contribution in [1.29, 1.82) is 5.26 Å². The molecule has 19 heavy (non-hydrogen) atoms. The first-order valence-corrected chi connectivity index (χ1v) is 7.01. The van der Waals surface area contributed by atoms with Gasteiger partial charge < -0.3 is 9.88 Å². The minimum Gasteiger partial charge on any atom is -0.356 e. The molecule has 0 atom stereocenters. The van der Waals surface area contributed by atoms with Gasteiger partial charge in [-0.3, -0.25) is 0 Å². The summed E-state index contributed by atoms with van der Waals surface area (Å²) in [4.78, 5) is 4.60. The lowest BCUT2D eigenvalue weighted by molar-refractivity contribution is 0.622. The number of imidazole rings is 1. The van der Waals surface area contributed by atoms with Crippen LogP contribution in [0.3, 0.4) is 0 Å². The van der Waals surface area contributed by atoms with Crippen LogP contribution in [0.15, 0.2) is 22.7 Å². The van der Waals surface area contributed by atoms with Gasteiger partial charge in [0, 0.05) is 23.1 Å². The van der Waals surface area contributed by atoms with E-state index in [1.807, 2.05) is 29.7 Å². The SMILES string of the molecule is Cc1ccc(Br)cc1-c1nc2n(c1C#N)CCCN2. The van der Waals surface area contributed by atoms with Crippen LogP contribution in [0.2, 0.25) is 0 Å². The van der Waals surface area contributed by atoms with Crippen LogP contribution in [-0.4, -0.2) is 16.1 Å². The highest BCUT2D eigenvalue weighted by atomic mass is 79.9. The van der Waals surface area contributed by atoms with E-state index in [0.717, 1.165) is 46.8 Å². The summed E-state index contributed by atoms with van der Waals surface area (Å²) in [5, 5.41) is 12.7. The first-order chi connectivity index (χ1) is 9.20. The highest BCUT2D eigenvalue weighted by Gasteiger charge is 2.21. The molecule has 1 aliphatic rings. The molecule has 96 valence electrons. The van der Waals surface area contributed by atoms with Crippen LogP contribution < -0.4 is 5.32 Å². The van der Waals surface area contributed by atoms with Gasteiger partial charge in [0.05, 0.1) is 0 Å². The molecule has 0 amide bonds. The number of aryl methyl sites for hydroxylation is 1. The number of benzene rings is 1. The van der Waals surface area contributed by atoms with Crippen LogP contribution in [0.1, 0.15) is 17.7 Å². The van der Waals surface area contributed by atoms with Crippen molar-refractivity contribution in [3.05, 3.63) is 33.9 Å². The average Bonchev–Trinajstić information content (AvgIpc) is 2.79. The smallest absolute Gasteiger partial charge is 0.204 e. The van der Waals surface area contributed by atoms with E-state index in [1.54, 1.807) is 0 Å². The van der Waals surface area contributed by atoms with Crippen molar-refractivity contribution < 1.29 is 0 Å². The lowest BCUT2D eigenvalue weighted by atomic mass is 10.0. The quantitative estimate of drug-likeness (QED) is 0.878. The molecule has 0 spiro atoms. The molecule has 1 aliphatic heterocycles. The van der Waals surface area contributed by atoms with Crippen molar-refractivity contribution in [2.24, 2.45) is 0 Å². The summed E-state index contributed by atoms with van der Waals surface area (Å²) >= 11 is 3.48. The Labute approximate surface area is 120 Å². The first-order valence-electron chi connectivity index (χ1n) is 6.21. The van der Waals surface area contributed by atoms with Gasteiger partial charge in [0.15, 0.2) is 0 Å². The predicted molar refractivity (Wildman–Crippen MR) is 77.9 cm³/mol. The highest BCUT2D eigenvalue weighted by molar-refractivity contribution is 9.10. The number of nitriles is 1. The van der Waals surface area contributed by atoms with Crippen LogP contribution in [0.25, 0.3) is 11.3 Å². The maximum absolute atomic E-state index is 9.43. The van der Waals surface area contributed by atoms with Gasteiger partial charge in [0.25, 0.3) is 0 Å². The molecule has 1 N–H and O–H groups in total. The van der Waals surface area contributed by atoms with E-state index < -0.39 is 0 Å². The molecule has 4 nitrogen and oxygen atoms in total. The number of rotatable bonds is 1. The number of nitrogens with one attached hydrogen (secondary N) is 1. The molecule has 0 saturated heterocycles. The van der Waals surface area contributed by atoms with E-state index in [-0.39, 0.29) is 0 Å². The molecule has 2 aromatic rings. The van der Waals surface area contributed by atoms with E-state index in [2.05, 4.69) is 32.3 Å².